The molecule has 1 aliphatic rings. The molecule has 3 heterocycles. The zero-order valence-electron chi connectivity index (χ0n) is 14.3. The van der Waals surface area contributed by atoms with Gasteiger partial charge in [0.2, 0.25) is 0 Å². The predicted molar refractivity (Wildman–Crippen MR) is 92.1 cm³/mol. The second kappa shape index (κ2) is 6.86. The summed E-state index contributed by atoms with van der Waals surface area (Å²) in [5, 5.41) is 7.51. The number of aryl methyl sites for hydroxylation is 1. The van der Waals surface area contributed by atoms with E-state index in [9.17, 15) is 4.79 Å². The summed E-state index contributed by atoms with van der Waals surface area (Å²) in [6.07, 6.45) is 5.01. The molecule has 8 heteroatoms. The molecule has 0 aromatic carbocycles. The lowest BCUT2D eigenvalue weighted by Gasteiger charge is -2.32. The number of nitrogens with one attached hydrogen (secondary N) is 1. The van der Waals surface area contributed by atoms with Crippen molar-refractivity contribution in [2.24, 2.45) is 7.05 Å². The molecule has 1 N–H and O–H groups in total. The van der Waals surface area contributed by atoms with Crippen LogP contribution in [0.4, 0.5) is 11.6 Å². The van der Waals surface area contributed by atoms with Gasteiger partial charge in [-0.25, -0.2) is 9.97 Å². The van der Waals surface area contributed by atoms with Crippen LogP contribution in [0, 0.1) is 0 Å². The fourth-order valence-corrected chi connectivity index (χ4v) is 2.85. The van der Waals surface area contributed by atoms with E-state index in [-0.39, 0.29) is 5.91 Å². The van der Waals surface area contributed by atoms with E-state index >= 15 is 0 Å². The van der Waals surface area contributed by atoms with Crippen LogP contribution in [-0.4, -0.2) is 63.8 Å². The molecule has 2 aromatic heterocycles. The summed E-state index contributed by atoms with van der Waals surface area (Å²) in [4.78, 5) is 24.8. The van der Waals surface area contributed by atoms with Crippen LogP contribution in [0.2, 0.25) is 0 Å². The summed E-state index contributed by atoms with van der Waals surface area (Å²) in [5.41, 5.74) is 0.632. The molecular weight excluding hydrogens is 306 g/mol. The second-order valence-corrected chi connectivity index (χ2v) is 6.21. The van der Waals surface area contributed by atoms with Crippen LogP contribution in [-0.2, 0) is 7.05 Å². The standard InChI is InChI=1S/C16H23N7O/c1-21(2)15-10-14(17-11-18-15)20-12-5-8-23(9-6-12)16(24)13-4-7-19-22(13)3/h4,7,10-12H,5-6,8-9H2,1-3H3,(H,17,18,20). The lowest BCUT2D eigenvalue weighted by Crippen LogP contribution is -2.43. The highest BCUT2D eigenvalue weighted by Gasteiger charge is 2.25. The Labute approximate surface area is 141 Å². The topological polar surface area (TPSA) is 79.2 Å². The Morgan fingerprint density at radius 1 is 1.29 bits per heavy atom. The van der Waals surface area contributed by atoms with Crippen molar-refractivity contribution in [2.75, 3.05) is 37.4 Å². The lowest BCUT2D eigenvalue weighted by molar-refractivity contribution is 0.0707. The molecule has 3 rings (SSSR count). The number of aromatic nitrogens is 4. The van der Waals surface area contributed by atoms with Crippen molar-refractivity contribution >= 4 is 17.5 Å². The number of hydrogen-bond acceptors (Lipinski definition) is 6. The van der Waals surface area contributed by atoms with Crippen LogP contribution < -0.4 is 10.2 Å². The van der Waals surface area contributed by atoms with E-state index in [2.05, 4.69) is 20.4 Å². The first kappa shape index (κ1) is 16.2. The molecule has 0 unspecified atom stereocenters. The van der Waals surface area contributed by atoms with Gasteiger partial charge in [-0.2, -0.15) is 5.10 Å². The Morgan fingerprint density at radius 3 is 2.67 bits per heavy atom. The molecule has 0 bridgehead atoms. The Morgan fingerprint density at radius 2 is 2.04 bits per heavy atom. The molecule has 1 fully saturated rings. The maximum atomic E-state index is 12.5. The van der Waals surface area contributed by atoms with Gasteiger partial charge in [-0.1, -0.05) is 0 Å². The maximum Gasteiger partial charge on any atom is 0.272 e. The average molecular weight is 329 g/mol. The van der Waals surface area contributed by atoms with E-state index in [0.717, 1.165) is 37.6 Å². The minimum atomic E-state index is 0.0466. The van der Waals surface area contributed by atoms with Crippen LogP contribution in [0.15, 0.2) is 24.7 Å². The van der Waals surface area contributed by atoms with Gasteiger partial charge in [-0.15, -0.1) is 0 Å². The SMILES string of the molecule is CN(C)c1cc(NC2CCN(C(=O)c3ccnn3C)CC2)ncn1. The Hall–Kier alpha value is -2.64. The fourth-order valence-electron chi connectivity index (χ4n) is 2.85. The van der Waals surface area contributed by atoms with E-state index < -0.39 is 0 Å². The molecule has 0 radical (unpaired) electrons. The number of carbonyl (C=O) groups is 1. The molecule has 1 saturated heterocycles. The Kier molecular flexibility index (Phi) is 4.64. The Bertz CT molecular complexity index is 704. The predicted octanol–water partition coefficient (Wildman–Crippen LogP) is 0.993. The zero-order chi connectivity index (χ0) is 17.1. The zero-order valence-corrected chi connectivity index (χ0v) is 14.3. The van der Waals surface area contributed by atoms with E-state index in [4.69, 9.17) is 0 Å². The number of rotatable bonds is 4. The highest BCUT2D eigenvalue weighted by molar-refractivity contribution is 5.92. The molecule has 8 nitrogen and oxygen atoms in total. The molecular formula is C16H23N7O. The summed E-state index contributed by atoms with van der Waals surface area (Å²) in [6.45, 7) is 1.46. The van der Waals surface area contributed by atoms with Crippen molar-refractivity contribution in [3.05, 3.63) is 30.4 Å². The number of amides is 1. The van der Waals surface area contributed by atoms with Gasteiger partial charge in [-0.05, 0) is 18.9 Å². The third-order valence-corrected chi connectivity index (χ3v) is 4.29. The number of likely N-dealkylation sites (tertiary alicyclic amines) is 1. The fraction of sp³-hybridized carbons (Fsp3) is 0.500. The van der Waals surface area contributed by atoms with Crippen LogP contribution in [0.3, 0.4) is 0 Å². The van der Waals surface area contributed by atoms with Gasteiger partial charge in [0.1, 0.15) is 23.7 Å². The third kappa shape index (κ3) is 3.47. The average Bonchev–Trinajstić information content (AvgIpc) is 3.01. The second-order valence-electron chi connectivity index (χ2n) is 6.21. The molecule has 2 aromatic rings. The van der Waals surface area contributed by atoms with E-state index in [1.165, 1.54) is 0 Å². The first-order chi connectivity index (χ1) is 11.5. The number of nitrogens with zero attached hydrogens (tertiary/aromatic N) is 6. The number of hydrogen-bond donors (Lipinski definition) is 1. The normalized spacial score (nSPS) is 15.4. The van der Waals surface area contributed by atoms with Crippen molar-refractivity contribution in [3.63, 3.8) is 0 Å². The monoisotopic (exact) mass is 329 g/mol. The quantitative estimate of drug-likeness (QED) is 0.901. The minimum absolute atomic E-state index is 0.0466. The number of carbonyl (C=O) groups excluding carboxylic acids is 1. The maximum absolute atomic E-state index is 12.5. The van der Waals surface area contributed by atoms with Crippen LogP contribution >= 0.6 is 0 Å². The van der Waals surface area contributed by atoms with Crippen molar-refractivity contribution in [1.29, 1.82) is 0 Å². The van der Waals surface area contributed by atoms with E-state index in [0.29, 0.717) is 11.7 Å². The number of anilines is 2. The van der Waals surface area contributed by atoms with Gasteiger partial charge >= 0.3 is 0 Å². The minimum Gasteiger partial charge on any atom is -0.367 e. The van der Waals surface area contributed by atoms with Gasteiger partial charge in [-0.3, -0.25) is 9.48 Å². The molecule has 0 aliphatic carbocycles. The van der Waals surface area contributed by atoms with Crippen LogP contribution in [0.1, 0.15) is 23.3 Å². The van der Waals surface area contributed by atoms with Crippen molar-refractivity contribution < 1.29 is 4.79 Å². The number of piperidine rings is 1. The highest BCUT2D eigenvalue weighted by Crippen LogP contribution is 2.18. The highest BCUT2D eigenvalue weighted by atomic mass is 16.2. The molecule has 1 aliphatic heterocycles. The van der Waals surface area contributed by atoms with E-state index in [1.54, 1.807) is 30.3 Å². The van der Waals surface area contributed by atoms with Crippen LogP contribution in [0.25, 0.3) is 0 Å². The molecule has 0 spiro atoms. The van der Waals surface area contributed by atoms with Gasteiger partial charge in [0.25, 0.3) is 5.91 Å². The molecule has 24 heavy (non-hydrogen) atoms. The lowest BCUT2D eigenvalue weighted by atomic mass is 10.0. The van der Waals surface area contributed by atoms with Crippen LogP contribution in [0.5, 0.6) is 0 Å². The van der Waals surface area contributed by atoms with Crippen molar-refractivity contribution in [1.82, 2.24) is 24.6 Å². The molecule has 1 amide bonds. The smallest absolute Gasteiger partial charge is 0.272 e. The molecule has 0 saturated carbocycles. The largest absolute Gasteiger partial charge is 0.367 e. The van der Waals surface area contributed by atoms with Crippen molar-refractivity contribution in [3.8, 4) is 0 Å². The summed E-state index contributed by atoms with van der Waals surface area (Å²) in [5.74, 6) is 1.74. The van der Waals surface area contributed by atoms with Gasteiger partial charge < -0.3 is 15.1 Å². The summed E-state index contributed by atoms with van der Waals surface area (Å²) < 4.78 is 1.62. The van der Waals surface area contributed by atoms with Gasteiger partial charge in [0.05, 0.1) is 0 Å². The first-order valence-corrected chi connectivity index (χ1v) is 8.08. The molecule has 0 atom stereocenters. The first-order valence-electron chi connectivity index (χ1n) is 8.08. The summed E-state index contributed by atoms with van der Waals surface area (Å²) in [6, 6.07) is 4.01. The van der Waals surface area contributed by atoms with Crippen molar-refractivity contribution in [2.45, 2.75) is 18.9 Å². The third-order valence-electron chi connectivity index (χ3n) is 4.29. The summed E-state index contributed by atoms with van der Waals surface area (Å²) >= 11 is 0. The Balaban J connectivity index is 1.56. The van der Waals surface area contributed by atoms with Gasteiger partial charge in [0, 0.05) is 52.5 Å². The van der Waals surface area contributed by atoms with Gasteiger partial charge in [0.15, 0.2) is 0 Å². The summed E-state index contributed by atoms with van der Waals surface area (Å²) in [7, 11) is 5.70. The molecule has 128 valence electrons. The van der Waals surface area contributed by atoms with E-state index in [1.807, 2.05) is 30.0 Å².